The third-order valence-corrected chi connectivity index (χ3v) is 5.76. The largest absolute Gasteiger partial charge is 0.496 e. The standard InChI is InChI=1S/C17H19NO4S/c1-13-11-15(7-8-16(13)21-2)23(19,20)18-9-10-22-17-6-4-3-5-14(17)12-18/h3-8,11H,9-10,12H2,1-2H3. The number of methoxy groups -OCH3 is 1. The number of para-hydroxylation sites is 1. The van der Waals surface area contributed by atoms with Gasteiger partial charge in [0.15, 0.2) is 0 Å². The summed E-state index contributed by atoms with van der Waals surface area (Å²) in [4.78, 5) is 0.273. The minimum atomic E-state index is -3.58. The van der Waals surface area contributed by atoms with Gasteiger partial charge in [-0.15, -0.1) is 0 Å². The number of sulfonamides is 1. The molecule has 1 aliphatic heterocycles. The van der Waals surface area contributed by atoms with Crippen LogP contribution < -0.4 is 9.47 Å². The fourth-order valence-electron chi connectivity index (χ4n) is 2.67. The number of rotatable bonds is 3. The zero-order chi connectivity index (χ0) is 16.4. The highest BCUT2D eigenvalue weighted by Gasteiger charge is 2.27. The Balaban J connectivity index is 1.95. The highest BCUT2D eigenvalue weighted by Crippen LogP contribution is 2.28. The Hall–Kier alpha value is -2.05. The number of ether oxygens (including phenoxy) is 2. The third-order valence-electron chi connectivity index (χ3n) is 3.92. The van der Waals surface area contributed by atoms with Gasteiger partial charge in [-0.3, -0.25) is 0 Å². The minimum Gasteiger partial charge on any atom is -0.496 e. The van der Waals surface area contributed by atoms with Gasteiger partial charge in [0.2, 0.25) is 10.0 Å². The van der Waals surface area contributed by atoms with Crippen molar-refractivity contribution < 1.29 is 17.9 Å². The normalized spacial score (nSPS) is 15.4. The molecule has 2 aromatic rings. The van der Waals surface area contributed by atoms with E-state index in [1.807, 2.05) is 31.2 Å². The van der Waals surface area contributed by atoms with Gasteiger partial charge in [-0.1, -0.05) is 18.2 Å². The van der Waals surface area contributed by atoms with Gasteiger partial charge >= 0.3 is 0 Å². The smallest absolute Gasteiger partial charge is 0.243 e. The van der Waals surface area contributed by atoms with Crippen LogP contribution in [0.3, 0.4) is 0 Å². The van der Waals surface area contributed by atoms with E-state index in [-0.39, 0.29) is 4.90 Å². The number of hydrogen-bond acceptors (Lipinski definition) is 4. The van der Waals surface area contributed by atoms with Gasteiger partial charge in [-0.05, 0) is 36.8 Å². The van der Waals surface area contributed by atoms with Crippen molar-refractivity contribution in [1.82, 2.24) is 4.31 Å². The van der Waals surface area contributed by atoms with Crippen molar-refractivity contribution in [1.29, 1.82) is 0 Å². The maximum absolute atomic E-state index is 12.9. The molecular weight excluding hydrogens is 314 g/mol. The molecule has 0 unspecified atom stereocenters. The Morgan fingerprint density at radius 2 is 1.96 bits per heavy atom. The van der Waals surface area contributed by atoms with E-state index in [2.05, 4.69) is 0 Å². The zero-order valence-corrected chi connectivity index (χ0v) is 14.0. The maximum Gasteiger partial charge on any atom is 0.243 e. The molecule has 0 N–H and O–H groups in total. The zero-order valence-electron chi connectivity index (χ0n) is 13.2. The van der Waals surface area contributed by atoms with Crippen LogP contribution in [0, 0.1) is 6.92 Å². The van der Waals surface area contributed by atoms with Crippen LogP contribution in [0.1, 0.15) is 11.1 Å². The van der Waals surface area contributed by atoms with E-state index in [1.54, 1.807) is 25.3 Å². The Bertz CT molecular complexity index is 817. The van der Waals surface area contributed by atoms with Crippen LogP contribution >= 0.6 is 0 Å². The quantitative estimate of drug-likeness (QED) is 0.866. The van der Waals surface area contributed by atoms with E-state index < -0.39 is 10.0 Å². The van der Waals surface area contributed by atoms with Gasteiger partial charge < -0.3 is 9.47 Å². The third kappa shape index (κ3) is 3.04. The second kappa shape index (κ2) is 6.22. The second-order valence-electron chi connectivity index (χ2n) is 5.43. The number of aryl methyl sites for hydroxylation is 1. The van der Waals surface area contributed by atoms with Crippen molar-refractivity contribution in [2.24, 2.45) is 0 Å². The monoisotopic (exact) mass is 333 g/mol. The SMILES string of the molecule is COc1ccc(S(=O)(=O)N2CCOc3ccccc3C2)cc1C. The predicted molar refractivity (Wildman–Crippen MR) is 87.3 cm³/mol. The Morgan fingerprint density at radius 3 is 2.70 bits per heavy atom. The van der Waals surface area contributed by atoms with Gasteiger partial charge in [-0.25, -0.2) is 8.42 Å². The maximum atomic E-state index is 12.9. The van der Waals surface area contributed by atoms with Crippen molar-refractivity contribution in [3.05, 3.63) is 53.6 Å². The molecule has 2 aromatic carbocycles. The summed E-state index contributed by atoms with van der Waals surface area (Å²) in [7, 11) is -2.01. The van der Waals surface area contributed by atoms with Gasteiger partial charge in [0.05, 0.1) is 12.0 Å². The highest BCUT2D eigenvalue weighted by molar-refractivity contribution is 7.89. The molecule has 23 heavy (non-hydrogen) atoms. The van der Waals surface area contributed by atoms with Crippen molar-refractivity contribution in [3.63, 3.8) is 0 Å². The molecule has 0 radical (unpaired) electrons. The van der Waals surface area contributed by atoms with Crippen LogP contribution in [0.2, 0.25) is 0 Å². The first kappa shape index (κ1) is 15.8. The van der Waals surface area contributed by atoms with Gasteiger partial charge in [0.1, 0.15) is 18.1 Å². The van der Waals surface area contributed by atoms with Crippen molar-refractivity contribution in [2.45, 2.75) is 18.4 Å². The lowest BCUT2D eigenvalue weighted by atomic mass is 10.2. The van der Waals surface area contributed by atoms with Crippen molar-refractivity contribution in [3.8, 4) is 11.5 Å². The van der Waals surface area contributed by atoms with Crippen LogP contribution in [-0.4, -0.2) is 33.0 Å². The lowest BCUT2D eigenvalue weighted by molar-refractivity contribution is 0.293. The molecular formula is C17H19NO4S. The molecule has 0 amide bonds. The van der Waals surface area contributed by atoms with Crippen LogP contribution in [-0.2, 0) is 16.6 Å². The molecule has 0 spiro atoms. The van der Waals surface area contributed by atoms with E-state index in [9.17, 15) is 8.42 Å². The van der Waals surface area contributed by atoms with Crippen LogP contribution in [0.4, 0.5) is 0 Å². The first-order valence-electron chi connectivity index (χ1n) is 7.38. The topological polar surface area (TPSA) is 55.8 Å². The summed E-state index contributed by atoms with van der Waals surface area (Å²) in [5, 5.41) is 0. The Kier molecular flexibility index (Phi) is 4.28. The number of nitrogens with zero attached hydrogens (tertiary/aromatic N) is 1. The lowest BCUT2D eigenvalue weighted by Gasteiger charge is -2.20. The second-order valence-corrected chi connectivity index (χ2v) is 7.36. The molecule has 3 rings (SSSR count). The van der Waals surface area contributed by atoms with Gasteiger partial charge in [0, 0.05) is 18.7 Å². The van der Waals surface area contributed by atoms with Gasteiger partial charge in [0.25, 0.3) is 0 Å². The van der Waals surface area contributed by atoms with Crippen LogP contribution in [0.25, 0.3) is 0 Å². The lowest BCUT2D eigenvalue weighted by Crippen LogP contribution is -2.32. The van der Waals surface area contributed by atoms with Crippen LogP contribution in [0.15, 0.2) is 47.4 Å². The van der Waals surface area contributed by atoms with Crippen LogP contribution in [0.5, 0.6) is 11.5 Å². The molecule has 6 heteroatoms. The van der Waals surface area contributed by atoms with E-state index in [1.165, 1.54) is 4.31 Å². The molecule has 0 saturated heterocycles. The summed E-state index contributed by atoms with van der Waals surface area (Å²) in [6, 6.07) is 12.4. The van der Waals surface area contributed by atoms with E-state index in [4.69, 9.17) is 9.47 Å². The first-order chi connectivity index (χ1) is 11.0. The Morgan fingerprint density at radius 1 is 1.17 bits per heavy atom. The van der Waals surface area contributed by atoms with Crippen molar-refractivity contribution in [2.75, 3.05) is 20.3 Å². The van der Waals surface area contributed by atoms with Gasteiger partial charge in [-0.2, -0.15) is 4.31 Å². The summed E-state index contributed by atoms with van der Waals surface area (Å²) in [6.45, 7) is 2.80. The highest BCUT2D eigenvalue weighted by atomic mass is 32.2. The van der Waals surface area contributed by atoms with E-state index in [0.29, 0.717) is 25.4 Å². The molecule has 0 fully saturated rings. The predicted octanol–water partition coefficient (Wildman–Crippen LogP) is 2.59. The summed E-state index contributed by atoms with van der Waals surface area (Å²) in [5.41, 5.74) is 1.67. The minimum absolute atomic E-state index is 0.273. The Labute approximate surface area is 136 Å². The molecule has 122 valence electrons. The first-order valence-corrected chi connectivity index (χ1v) is 8.82. The number of benzene rings is 2. The fourth-order valence-corrected chi connectivity index (χ4v) is 4.16. The number of fused-ring (bicyclic) bond motifs is 1. The summed E-state index contributed by atoms with van der Waals surface area (Å²) in [5.74, 6) is 1.42. The summed E-state index contributed by atoms with van der Waals surface area (Å²) < 4.78 is 38.2. The molecule has 0 aromatic heterocycles. The molecule has 1 heterocycles. The molecule has 1 aliphatic rings. The van der Waals surface area contributed by atoms with E-state index in [0.717, 1.165) is 16.9 Å². The molecule has 0 saturated carbocycles. The van der Waals surface area contributed by atoms with Crippen molar-refractivity contribution >= 4 is 10.0 Å². The fraction of sp³-hybridized carbons (Fsp3) is 0.294. The molecule has 0 aliphatic carbocycles. The molecule has 0 atom stereocenters. The average Bonchev–Trinajstić information content (AvgIpc) is 2.77. The summed E-state index contributed by atoms with van der Waals surface area (Å²) >= 11 is 0. The summed E-state index contributed by atoms with van der Waals surface area (Å²) in [6.07, 6.45) is 0. The number of hydrogen-bond donors (Lipinski definition) is 0. The average molecular weight is 333 g/mol. The molecule has 5 nitrogen and oxygen atoms in total. The molecule has 0 bridgehead atoms. The van der Waals surface area contributed by atoms with E-state index >= 15 is 0 Å².